The molecule has 0 spiro atoms. The Morgan fingerprint density at radius 3 is 2.48 bits per heavy atom. The Morgan fingerprint density at radius 2 is 1.85 bits per heavy atom. The van der Waals surface area contributed by atoms with Gasteiger partial charge in [0, 0.05) is 18.8 Å². The van der Waals surface area contributed by atoms with E-state index in [4.69, 9.17) is 11.6 Å². The van der Waals surface area contributed by atoms with E-state index < -0.39 is 34.7 Å². The largest absolute Gasteiger partial charge is 0.319 e. The van der Waals surface area contributed by atoms with Crippen LogP contribution in [0.4, 0.5) is 23.2 Å². The van der Waals surface area contributed by atoms with Gasteiger partial charge in [-0.15, -0.1) is 0 Å². The molecule has 0 fully saturated rings. The summed E-state index contributed by atoms with van der Waals surface area (Å²) in [7, 11) is 1.44. The Hall–Kier alpha value is -2.87. The number of carbonyl (C=O) groups is 1. The third kappa shape index (κ3) is 3.66. The normalized spacial score (nSPS) is 12.1. The van der Waals surface area contributed by atoms with Crippen LogP contribution in [-0.4, -0.2) is 15.7 Å². The lowest BCUT2D eigenvalue weighted by Gasteiger charge is -2.14. The lowest BCUT2D eigenvalue weighted by molar-refractivity contribution is 0.102. The Bertz CT molecular complexity index is 1010. The molecule has 3 aromatic rings. The van der Waals surface area contributed by atoms with Crippen LogP contribution in [0.5, 0.6) is 0 Å². The fourth-order valence-electron chi connectivity index (χ4n) is 2.59. The molecule has 0 aliphatic heterocycles. The van der Waals surface area contributed by atoms with Crippen LogP contribution >= 0.6 is 11.6 Å². The molecule has 2 aromatic carbocycles. The summed E-state index contributed by atoms with van der Waals surface area (Å²) in [5.41, 5.74) is -3.02. The summed E-state index contributed by atoms with van der Waals surface area (Å²) in [5, 5.41) is 5.90. The second-order valence-electron chi connectivity index (χ2n) is 5.63. The molecule has 0 aliphatic carbocycles. The van der Waals surface area contributed by atoms with Gasteiger partial charge in [-0.1, -0.05) is 41.9 Å². The molecule has 140 valence electrons. The fraction of sp³-hybridized carbons (Fsp3) is 0.111. The van der Waals surface area contributed by atoms with Crippen LogP contribution in [0.3, 0.4) is 0 Å². The van der Waals surface area contributed by atoms with Gasteiger partial charge in [-0.05, 0) is 11.6 Å². The predicted octanol–water partition coefficient (Wildman–Crippen LogP) is 4.96. The summed E-state index contributed by atoms with van der Waals surface area (Å²) in [4.78, 5) is 12.5. The van der Waals surface area contributed by atoms with E-state index >= 15 is 0 Å². The van der Waals surface area contributed by atoms with E-state index in [-0.39, 0.29) is 16.8 Å². The first kappa shape index (κ1) is 18.9. The highest BCUT2D eigenvalue weighted by Gasteiger charge is 2.25. The second kappa shape index (κ2) is 7.40. The number of aryl methyl sites for hydroxylation is 1. The Kier molecular flexibility index (Phi) is 5.18. The lowest BCUT2D eigenvalue weighted by Crippen LogP contribution is -2.16. The first-order chi connectivity index (χ1) is 12.8. The molecule has 0 saturated heterocycles. The summed E-state index contributed by atoms with van der Waals surface area (Å²) in [6.45, 7) is 0. The maximum Gasteiger partial charge on any atom is 0.259 e. The van der Waals surface area contributed by atoms with E-state index in [2.05, 4.69) is 10.4 Å². The van der Waals surface area contributed by atoms with E-state index in [1.54, 1.807) is 18.2 Å². The third-order valence-corrected chi connectivity index (χ3v) is 4.00. The zero-order valence-electron chi connectivity index (χ0n) is 13.8. The summed E-state index contributed by atoms with van der Waals surface area (Å²) in [6, 6.07) is 8.75. The van der Waals surface area contributed by atoms with Crippen molar-refractivity contribution in [2.24, 2.45) is 7.05 Å². The van der Waals surface area contributed by atoms with Gasteiger partial charge in [0.25, 0.3) is 5.91 Å². The van der Waals surface area contributed by atoms with E-state index in [1.165, 1.54) is 25.4 Å². The number of nitrogens with zero attached hydrogens (tertiary/aromatic N) is 2. The monoisotopic (exact) mass is 397 g/mol. The fourth-order valence-corrected chi connectivity index (χ4v) is 2.75. The van der Waals surface area contributed by atoms with E-state index in [0.29, 0.717) is 5.56 Å². The number of benzene rings is 2. The standard InChI is InChI=1S/C18H12ClF4N3O/c1-26-8-11(16(25-26)17(19)23)18(27)24-15-10(9-5-3-2-4-6-9)7-12(20)13(21)14(15)22/h2-8,17H,1H3,(H,24,27). The van der Waals surface area contributed by atoms with Crippen molar-refractivity contribution in [2.75, 3.05) is 5.32 Å². The van der Waals surface area contributed by atoms with Crippen LogP contribution in [0.1, 0.15) is 21.7 Å². The van der Waals surface area contributed by atoms with Crippen LogP contribution in [0, 0.1) is 17.5 Å². The van der Waals surface area contributed by atoms with Gasteiger partial charge in [-0.3, -0.25) is 9.48 Å². The zero-order chi connectivity index (χ0) is 19.7. The molecule has 3 rings (SSSR count). The zero-order valence-corrected chi connectivity index (χ0v) is 14.6. The number of halogens is 5. The first-order valence-electron chi connectivity index (χ1n) is 7.65. The Balaban J connectivity index is 2.09. The molecule has 0 bridgehead atoms. The molecular weight excluding hydrogens is 386 g/mol. The molecule has 27 heavy (non-hydrogen) atoms. The third-order valence-electron chi connectivity index (χ3n) is 3.79. The number of rotatable bonds is 4. The molecule has 4 nitrogen and oxygen atoms in total. The average Bonchev–Trinajstić information content (AvgIpc) is 3.05. The lowest BCUT2D eigenvalue weighted by atomic mass is 10.0. The summed E-state index contributed by atoms with van der Waals surface area (Å²) < 4.78 is 56.5. The number of anilines is 1. The number of alkyl halides is 2. The molecule has 9 heteroatoms. The van der Waals surface area contributed by atoms with E-state index in [0.717, 1.165) is 10.7 Å². The molecular formula is C18H12ClF4N3O. The summed E-state index contributed by atoms with van der Waals surface area (Å²) in [5.74, 6) is -5.69. The van der Waals surface area contributed by atoms with Gasteiger partial charge in [0.15, 0.2) is 17.5 Å². The van der Waals surface area contributed by atoms with Gasteiger partial charge in [0.05, 0.1) is 11.3 Å². The van der Waals surface area contributed by atoms with Crippen molar-refractivity contribution in [3.63, 3.8) is 0 Å². The molecule has 0 radical (unpaired) electrons. The van der Waals surface area contributed by atoms with Crippen molar-refractivity contribution in [3.05, 3.63) is 71.3 Å². The van der Waals surface area contributed by atoms with Crippen LogP contribution in [0.2, 0.25) is 0 Å². The topological polar surface area (TPSA) is 46.9 Å². The average molecular weight is 398 g/mol. The highest BCUT2D eigenvalue weighted by atomic mass is 35.5. The van der Waals surface area contributed by atoms with Crippen LogP contribution in [-0.2, 0) is 7.05 Å². The van der Waals surface area contributed by atoms with Gasteiger partial charge >= 0.3 is 0 Å². The second-order valence-corrected chi connectivity index (χ2v) is 6.01. The number of nitrogens with one attached hydrogen (secondary N) is 1. The maximum absolute atomic E-state index is 14.4. The number of hydrogen-bond acceptors (Lipinski definition) is 2. The molecule has 1 N–H and O–H groups in total. The molecule has 0 aliphatic rings. The SMILES string of the molecule is Cn1cc(C(=O)Nc2c(-c3ccccc3)cc(F)c(F)c2F)c(C(F)Cl)n1. The number of amides is 1. The van der Waals surface area contributed by atoms with Crippen molar-refractivity contribution in [3.8, 4) is 11.1 Å². The minimum atomic E-state index is -2.07. The van der Waals surface area contributed by atoms with E-state index in [9.17, 15) is 22.4 Å². The molecule has 1 amide bonds. The van der Waals surface area contributed by atoms with Crippen molar-refractivity contribution in [2.45, 2.75) is 5.63 Å². The smallest absolute Gasteiger partial charge is 0.259 e. The predicted molar refractivity (Wildman–Crippen MR) is 92.6 cm³/mol. The highest BCUT2D eigenvalue weighted by molar-refractivity contribution is 6.20. The Labute approximate surface area is 156 Å². The van der Waals surface area contributed by atoms with Crippen molar-refractivity contribution in [1.29, 1.82) is 0 Å². The molecule has 1 heterocycles. The summed E-state index contributed by atoms with van der Waals surface area (Å²) >= 11 is 5.37. The van der Waals surface area contributed by atoms with E-state index in [1.807, 2.05) is 0 Å². The maximum atomic E-state index is 14.4. The van der Waals surface area contributed by atoms with Crippen molar-refractivity contribution < 1.29 is 22.4 Å². The molecule has 1 atom stereocenters. The minimum absolute atomic E-state index is 0.0755. The summed E-state index contributed by atoms with van der Waals surface area (Å²) in [6.07, 6.45) is 1.18. The highest BCUT2D eigenvalue weighted by Crippen LogP contribution is 2.34. The first-order valence-corrected chi connectivity index (χ1v) is 8.09. The van der Waals surface area contributed by atoms with Gasteiger partial charge in [0.1, 0.15) is 5.69 Å². The van der Waals surface area contributed by atoms with Crippen LogP contribution in [0.15, 0.2) is 42.6 Å². The van der Waals surface area contributed by atoms with Crippen LogP contribution in [0.25, 0.3) is 11.1 Å². The Morgan fingerprint density at radius 1 is 1.19 bits per heavy atom. The van der Waals surface area contributed by atoms with Crippen molar-refractivity contribution in [1.82, 2.24) is 9.78 Å². The molecule has 1 aromatic heterocycles. The number of hydrogen-bond donors (Lipinski definition) is 1. The van der Waals surface area contributed by atoms with Gasteiger partial charge in [0.2, 0.25) is 5.63 Å². The number of carbonyl (C=O) groups excluding carboxylic acids is 1. The van der Waals surface area contributed by atoms with Gasteiger partial charge < -0.3 is 5.32 Å². The van der Waals surface area contributed by atoms with Gasteiger partial charge in [-0.25, -0.2) is 17.6 Å². The van der Waals surface area contributed by atoms with Gasteiger partial charge in [-0.2, -0.15) is 5.10 Å². The minimum Gasteiger partial charge on any atom is -0.319 e. The number of aromatic nitrogens is 2. The quantitative estimate of drug-likeness (QED) is 0.384. The van der Waals surface area contributed by atoms with Crippen molar-refractivity contribution >= 4 is 23.2 Å². The van der Waals surface area contributed by atoms with Crippen LogP contribution < -0.4 is 5.32 Å². The molecule has 0 saturated carbocycles. The molecule has 1 unspecified atom stereocenters.